The van der Waals surface area contributed by atoms with Crippen LogP contribution in [0.4, 0.5) is 4.79 Å². The summed E-state index contributed by atoms with van der Waals surface area (Å²) in [7, 11) is 0. The normalized spacial score (nSPS) is 39.3. The molecule has 1 aromatic rings. The van der Waals surface area contributed by atoms with Gasteiger partial charge in [0, 0.05) is 18.8 Å². The van der Waals surface area contributed by atoms with E-state index in [0.717, 1.165) is 10.9 Å². The highest BCUT2D eigenvalue weighted by Crippen LogP contribution is 2.29. The fourth-order valence-electron chi connectivity index (χ4n) is 2.28. The van der Waals surface area contributed by atoms with Gasteiger partial charge in [-0.1, -0.05) is 0 Å². The van der Waals surface area contributed by atoms with E-state index in [-0.39, 0.29) is 0 Å². The predicted molar refractivity (Wildman–Crippen MR) is 68.6 cm³/mol. The van der Waals surface area contributed by atoms with Crippen molar-refractivity contribution < 1.29 is 40.2 Å². The molecule has 0 amide bonds. The van der Waals surface area contributed by atoms with Crippen LogP contribution in [0.2, 0.25) is 0 Å². The van der Waals surface area contributed by atoms with E-state index in [0.29, 0.717) is 0 Å². The maximum absolute atomic E-state index is 11.7. The summed E-state index contributed by atoms with van der Waals surface area (Å²) in [6.07, 6.45) is -6.71. The summed E-state index contributed by atoms with van der Waals surface area (Å²) in [6, 6.07) is 0. The molecule has 10 heteroatoms. The molecule has 2 rings (SSSR count). The molecule has 0 saturated heterocycles. The maximum Gasteiger partial charge on any atom is 0.419 e. The minimum atomic E-state index is -2.45. The Morgan fingerprint density at radius 3 is 2.55 bits per heavy atom. The number of ether oxygens (including phenoxy) is 1. The summed E-state index contributed by atoms with van der Waals surface area (Å²) in [6.45, 7) is -0.858. The number of rotatable bonds is 2. The van der Waals surface area contributed by atoms with Crippen molar-refractivity contribution in [1.82, 2.24) is 9.55 Å². The second kappa shape index (κ2) is 6.28. The van der Waals surface area contributed by atoms with Gasteiger partial charge in [0.25, 0.3) is 0 Å². The number of carbonyl (C=O) groups excluding carboxylic acids is 1. The second-order valence-electron chi connectivity index (χ2n) is 5.26. The minimum Gasteiger partial charge on any atom is -0.446 e. The average molecular weight is 318 g/mol. The van der Waals surface area contributed by atoms with Gasteiger partial charge in [0.05, 0.1) is 12.2 Å². The van der Waals surface area contributed by atoms with Gasteiger partial charge in [-0.25, -0.2) is 14.3 Å². The first-order chi connectivity index (χ1) is 10.3. The number of imidazole rings is 1. The topological polar surface area (TPSA) is 166 Å². The Kier molecular flexibility index (Phi) is 4.80. The van der Waals surface area contributed by atoms with Crippen LogP contribution in [0.5, 0.6) is 0 Å². The summed E-state index contributed by atoms with van der Waals surface area (Å²) in [4.78, 5) is 15.3. The molecule has 10 nitrogen and oxygen atoms in total. The van der Waals surface area contributed by atoms with Crippen LogP contribution >= 0.6 is 0 Å². The van der Waals surface area contributed by atoms with Crippen molar-refractivity contribution in [1.29, 1.82) is 0 Å². The molecule has 0 spiro atoms. The van der Waals surface area contributed by atoms with E-state index >= 15 is 0 Å². The largest absolute Gasteiger partial charge is 0.446 e. The molecule has 1 saturated carbocycles. The highest BCUT2D eigenvalue weighted by atomic mass is 16.6. The summed E-state index contributed by atoms with van der Waals surface area (Å²) in [5.74, 6) is 0. The number of nitrogens with zero attached hydrogens (tertiary/aromatic N) is 2. The van der Waals surface area contributed by atoms with E-state index in [1.807, 2.05) is 0 Å². The van der Waals surface area contributed by atoms with E-state index in [1.54, 1.807) is 0 Å². The first kappa shape index (κ1) is 16.8. The van der Waals surface area contributed by atoms with Crippen LogP contribution in [0, 0.1) is 0 Å². The summed E-state index contributed by atoms with van der Waals surface area (Å²) >= 11 is 0. The number of aliphatic hydroxyl groups is 6. The smallest absolute Gasteiger partial charge is 0.419 e. The molecule has 1 aliphatic carbocycles. The SMILES string of the molecule is O=C(OCC1(O)C(O)C(O)C(O)C(O)C[C@H]1O)n1ccnc1. The molecule has 124 valence electrons. The summed E-state index contributed by atoms with van der Waals surface area (Å²) in [5.41, 5.74) is -2.45. The molecule has 0 bridgehead atoms. The zero-order chi connectivity index (χ0) is 16.5. The van der Waals surface area contributed by atoms with E-state index < -0.39 is 55.2 Å². The number of aromatic nitrogens is 2. The highest BCUT2D eigenvalue weighted by Gasteiger charge is 2.53. The van der Waals surface area contributed by atoms with Gasteiger partial charge in [0.15, 0.2) is 5.60 Å². The monoisotopic (exact) mass is 318 g/mol. The Labute approximate surface area is 124 Å². The average Bonchev–Trinajstić information content (AvgIpc) is 3.02. The number of hydrogen-bond acceptors (Lipinski definition) is 9. The lowest BCUT2D eigenvalue weighted by Crippen LogP contribution is -2.59. The lowest BCUT2D eigenvalue weighted by molar-refractivity contribution is -0.195. The first-order valence-electron chi connectivity index (χ1n) is 6.55. The van der Waals surface area contributed by atoms with Crippen molar-refractivity contribution in [3.63, 3.8) is 0 Å². The number of carbonyl (C=O) groups is 1. The van der Waals surface area contributed by atoms with E-state index in [2.05, 4.69) is 4.98 Å². The molecule has 1 heterocycles. The Morgan fingerprint density at radius 2 is 1.95 bits per heavy atom. The zero-order valence-electron chi connectivity index (χ0n) is 11.4. The third kappa shape index (κ3) is 2.97. The fourth-order valence-corrected chi connectivity index (χ4v) is 2.28. The molecular weight excluding hydrogens is 300 g/mol. The minimum absolute atomic E-state index is 0.519. The fraction of sp³-hybridized carbons (Fsp3) is 0.667. The van der Waals surface area contributed by atoms with Crippen molar-refractivity contribution in [2.75, 3.05) is 6.61 Å². The number of aliphatic hydroxyl groups excluding tert-OH is 5. The molecule has 6 atom stereocenters. The van der Waals surface area contributed by atoms with Crippen LogP contribution in [0.15, 0.2) is 18.7 Å². The molecule has 22 heavy (non-hydrogen) atoms. The van der Waals surface area contributed by atoms with Gasteiger partial charge in [-0.2, -0.15) is 0 Å². The molecule has 0 aromatic carbocycles. The van der Waals surface area contributed by atoms with Gasteiger partial charge in [-0.15, -0.1) is 0 Å². The van der Waals surface area contributed by atoms with E-state index in [4.69, 9.17) is 4.74 Å². The quantitative estimate of drug-likeness (QED) is 0.308. The highest BCUT2D eigenvalue weighted by molar-refractivity contribution is 5.70. The molecule has 6 N–H and O–H groups in total. The Balaban J connectivity index is 2.13. The molecule has 1 aliphatic rings. The summed E-state index contributed by atoms with van der Waals surface area (Å²) in [5, 5.41) is 59.1. The molecule has 5 unspecified atom stereocenters. The van der Waals surface area contributed by atoms with E-state index in [9.17, 15) is 35.4 Å². The molecule has 0 radical (unpaired) electrons. The van der Waals surface area contributed by atoms with Crippen LogP contribution in [0.3, 0.4) is 0 Å². The molecule has 1 fully saturated rings. The van der Waals surface area contributed by atoms with Crippen molar-refractivity contribution in [2.45, 2.75) is 42.5 Å². The maximum atomic E-state index is 11.7. The van der Waals surface area contributed by atoms with Gasteiger partial charge in [-0.05, 0) is 0 Å². The van der Waals surface area contributed by atoms with Gasteiger partial charge < -0.3 is 35.4 Å². The van der Waals surface area contributed by atoms with Gasteiger partial charge in [0.2, 0.25) is 0 Å². The zero-order valence-corrected chi connectivity index (χ0v) is 11.4. The second-order valence-corrected chi connectivity index (χ2v) is 5.26. The summed E-state index contributed by atoms with van der Waals surface area (Å²) < 4.78 is 5.74. The van der Waals surface area contributed by atoms with Crippen molar-refractivity contribution in [3.05, 3.63) is 18.7 Å². The van der Waals surface area contributed by atoms with Crippen molar-refractivity contribution in [2.24, 2.45) is 0 Å². The van der Waals surface area contributed by atoms with Gasteiger partial charge in [0.1, 0.15) is 31.2 Å². The Bertz CT molecular complexity index is 509. The van der Waals surface area contributed by atoms with E-state index in [1.165, 1.54) is 12.4 Å². The van der Waals surface area contributed by atoms with Crippen LogP contribution in [-0.2, 0) is 4.74 Å². The Hall–Kier alpha value is -1.56. The molecule has 0 aliphatic heterocycles. The number of hydrogen-bond donors (Lipinski definition) is 6. The Morgan fingerprint density at radius 1 is 1.27 bits per heavy atom. The van der Waals surface area contributed by atoms with Crippen LogP contribution in [0.1, 0.15) is 6.42 Å². The van der Waals surface area contributed by atoms with Crippen LogP contribution in [0.25, 0.3) is 0 Å². The first-order valence-corrected chi connectivity index (χ1v) is 6.55. The van der Waals surface area contributed by atoms with Crippen LogP contribution in [-0.4, -0.2) is 89.0 Å². The van der Waals surface area contributed by atoms with Gasteiger partial charge >= 0.3 is 6.09 Å². The van der Waals surface area contributed by atoms with Gasteiger partial charge in [-0.3, -0.25) is 0 Å². The molecule has 1 aromatic heterocycles. The molecular formula is C12H18N2O8. The van der Waals surface area contributed by atoms with Crippen LogP contribution < -0.4 is 0 Å². The third-order valence-corrected chi connectivity index (χ3v) is 3.76. The van der Waals surface area contributed by atoms with Crippen molar-refractivity contribution >= 4 is 6.09 Å². The lowest BCUT2D eigenvalue weighted by atomic mass is 9.88. The standard InChI is InChI=1S/C12H18N2O8/c15-6-3-7(16)12(21,10(19)9(18)8(6)17)4-22-11(20)14-2-1-13-5-14/h1-2,5-10,15-19,21H,3-4H2/t6?,7-,8?,9?,10?,12?/m1/s1. The predicted octanol–water partition coefficient (Wildman–Crippen LogP) is -3.19. The lowest BCUT2D eigenvalue weighted by Gasteiger charge is -2.36. The third-order valence-electron chi connectivity index (χ3n) is 3.76. The van der Waals surface area contributed by atoms with Crippen molar-refractivity contribution in [3.8, 4) is 0 Å².